The van der Waals surface area contributed by atoms with Crippen LogP contribution in [0.2, 0.25) is 0 Å². The summed E-state index contributed by atoms with van der Waals surface area (Å²) in [6.45, 7) is 1.94. The van der Waals surface area contributed by atoms with Gasteiger partial charge in [-0.25, -0.2) is 9.97 Å². The number of rotatable bonds is 3. The highest BCUT2D eigenvalue weighted by Gasteiger charge is 1.98. The van der Waals surface area contributed by atoms with Gasteiger partial charge in [0.25, 0.3) is 0 Å². The summed E-state index contributed by atoms with van der Waals surface area (Å²) in [7, 11) is 1.89. The Hall–Kier alpha value is -2.10. The molecule has 1 heterocycles. The number of hydrogen-bond acceptors (Lipinski definition) is 4. The zero-order valence-electron chi connectivity index (χ0n) is 9.36. The summed E-state index contributed by atoms with van der Waals surface area (Å²) in [4.78, 5) is 8.43. The van der Waals surface area contributed by atoms with Crippen LogP contribution in [0.4, 0.5) is 17.3 Å². The van der Waals surface area contributed by atoms with E-state index in [0.717, 1.165) is 17.1 Å². The lowest BCUT2D eigenvalue weighted by atomic mass is 10.3. The van der Waals surface area contributed by atoms with Gasteiger partial charge in [-0.05, 0) is 31.2 Å². The molecule has 0 bridgehead atoms. The van der Waals surface area contributed by atoms with E-state index in [1.807, 2.05) is 44.3 Å². The van der Waals surface area contributed by atoms with Gasteiger partial charge < -0.3 is 10.6 Å². The molecular formula is C12H14N4. The molecule has 0 amide bonds. The van der Waals surface area contributed by atoms with Crippen LogP contribution in [0.25, 0.3) is 0 Å². The zero-order chi connectivity index (χ0) is 11.4. The molecule has 0 radical (unpaired) electrons. The highest BCUT2D eigenvalue weighted by atomic mass is 15.1. The Morgan fingerprint density at radius 1 is 1.12 bits per heavy atom. The number of nitrogens with zero attached hydrogens (tertiary/aromatic N) is 2. The molecular weight excluding hydrogens is 200 g/mol. The molecule has 4 nitrogen and oxygen atoms in total. The predicted octanol–water partition coefficient (Wildman–Crippen LogP) is 2.57. The Kier molecular flexibility index (Phi) is 3.00. The average molecular weight is 214 g/mol. The average Bonchev–Trinajstić information content (AvgIpc) is 2.29. The topological polar surface area (TPSA) is 49.8 Å². The minimum atomic E-state index is 0.619. The minimum Gasteiger partial charge on any atom is -0.388 e. The summed E-state index contributed by atoms with van der Waals surface area (Å²) >= 11 is 0. The number of aromatic nitrogens is 2. The number of anilines is 3. The molecule has 2 rings (SSSR count). The quantitative estimate of drug-likeness (QED) is 0.824. The van der Waals surface area contributed by atoms with Crippen LogP contribution >= 0.6 is 0 Å². The fraction of sp³-hybridized carbons (Fsp3) is 0.167. The predicted molar refractivity (Wildman–Crippen MR) is 66.0 cm³/mol. The molecule has 0 aliphatic heterocycles. The van der Waals surface area contributed by atoms with E-state index in [2.05, 4.69) is 20.6 Å². The van der Waals surface area contributed by atoms with Crippen molar-refractivity contribution in [2.24, 2.45) is 0 Å². The van der Waals surface area contributed by atoms with Crippen molar-refractivity contribution in [2.75, 3.05) is 17.7 Å². The first-order valence-corrected chi connectivity index (χ1v) is 5.12. The van der Waals surface area contributed by atoms with Crippen molar-refractivity contribution in [2.45, 2.75) is 6.92 Å². The van der Waals surface area contributed by atoms with Crippen molar-refractivity contribution in [1.82, 2.24) is 9.97 Å². The fourth-order valence-electron chi connectivity index (χ4n) is 1.39. The molecule has 0 aliphatic rings. The van der Waals surface area contributed by atoms with Crippen LogP contribution in [0.3, 0.4) is 0 Å². The fourth-order valence-corrected chi connectivity index (χ4v) is 1.39. The van der Waals surface area contributed by atoms with Gasteiger partial charge in [0.15, 0.2) is 0 Å². The highest BCUT2D eigenvalue weighted by molar-refractivity contribution is 5.60. The van der Waals surface area contributed by atoms with Crippen LogP contribution in [0.5, 0.6) is 0 Å². The second-order valence-corrected chi connectivity index (χ2v) is 3.48. The maximum absolute atomic E-state index is 4.28. The maximum atomic E-state index is 4.28. The third-order valence-corrected chi connectivity index (χ3v) is 2.20. The molecule has 0 unspecified atom stereocenters. The Labute approximate surface area is 94.8 Å². The van der Waals surface area contributed by atoms with Gasteiger partial charge in [-0.2, -0.15) is 0 Å². The monoisotopic (exact) mass is 214 g/mol. The van der Waals surface area contributed by atoms with E-state index in [-0.39, 0.29) is 0 Å². The molecule has 4 heteroatoms. The van der Waals surface area contributed by atoms with Gasteiger partial charge in [-0.1, -0.05) is 6.07 Å². The summed E-state index contributed by atoms with van der Waals surface area (Å²) in [6.07, 6.45) is 1.74. The Morgan fingerprint density at radius 3 is 2.69 bits per heavy atom. The SMILES string of the molecule is CNc1cccc(Nc2nccc(C)n2)c1. The van der Waals surface area contributed by atoms with Crippen molar-refractivity contribution in [3.63, 3.8) is 0 Å². The molecule has 16 heavy (non-hydrogen) atoms. The molecule has 0 saturated carbocycles. The number of hydrogen-bond donors (Lipinski definition) is 2. The summed E-state index contributed by atoms with van der Waals surface area (Å²) in [5, 5.41) is 6.24. The van der Waals surface area contributed by atoms with E-state index in [9.17, 15) is 0 Å². The van der Waals surface area contributed by atoms with E-state index >= 15 is 0 Å². The minimum absolute atomic E-state index is 0.619. The summed E-state index contributed by atoms with van der Waals surface area (Å²) in [6, 6.07) is 9.83. The Bertz CT molecular complexity index is 482. The van der Waals surface area contributed by atoms with Gasteiger partial charge >= 0.3 is 0 Å². The standard InChI is InChI=1S/C12H14N4/c1-9-6-7-14-12(15-9)16-11-5-3-4-10(8-11)13-2/h3-8,13H,1-2H3,(H,14,15,16). The zero-order valence-corrected chi connectivity index (χ0v) is 9.36. The molecule has 1 aromatic carbocycles. The molecule has 2 aromatic rings. The lowest BCUT2D eigenvalue weighted by Crippen LogP contribution is -1.98. The van der Waals surface area contributed by atoms with Crippen molar-refractivity contribution in [1.29, 1.82) is 0 Å². The first-order valence-electron chi connectivity index (χ1n) is 5.12. The first-order chi connectivity index (χ1) is 7.78. The molecule has 2 N–H and O–H groups in total. The summed E-state index contributed by atoms with van der Waals surface area (Å²) < 4.78 is 0. The summed E-state index contributed by atoms with van der Waals surface area (Å²) in [5.74, 6) is 0.619. The van der Waals surface area contributed by atoms with Gasteiger partial charge in [0.05, 0.1) is 0 Å². The molecule has 82 valence electrons. The van der Waals surface area contributed by atoms with Crippen LogP contribution in [0.15, 0.2) is 36.5 Å². The van der Waals surface area contributed by atoms with Crippen LogP contribution in [0, 0.1) is 6.92 Å². The highest BCUT2D eigenvalue weighted by Crippen LogP contribution is 2.17. The van der Waals surface area contributed by atoms with Crippen LogP contribution in [-0.4, -0.2) is 17.0 Å². The normalized spacial score (nSPS) is 9.88. The molecule has 0 aliphatic carbocycles. The summed E-state index contributed by atoms with van der Waals surface area (Å²) in [5.41, 5.74) is 2.97. The van der Waals surface area contributed by atoms with Crippen LogP contribution in [0.1, 0.15) is 5.69 Å². The van der Waals surface area contributed by atoms with Gasteiger partial charge in [0, 0.05) is 30.3 Å². The first kappa shape index (κ1) is 10.4. The van der Waals surface area contributed by atoms with E-state index < -0.39 is 0 Å². The van der Waals surface area contributed by atoms with Crippen molar-refractivity contribution in [3.05, 3.63) is 42.2 Å². The van der Waals surface area contributed by atoms with E-state index in [1.165, 1.54) is 0 Å². The Balaban J connectivity index is 2.20. The second kappa shape index (κ2) is 4.61. The largest absolute Gasteiger partial charge is 0.388 e. The smallest absolute Gasteiger partial charge is 0.227 e. The van der Waals surface area contributed by atoms with Crippen molar-refractivity contribution < 1.29 is 0 Å². The third-order valence-electron chi connectivity index (χ3n) is 2.20. The second-order valence-electron chi connectivity index (χ2n) is 3.48. The maximum Gasteiger partial charge on any atom is 0.227 e. The van der Waals surface area contributed by atoms with Gasteiger partial charge in [0.2, 0.25) is 5.95 Å². The van der Waals surface area contributed by atoms with Crippen LogP contribution in [-0.2, 0) is 0 Å². The molecule has 0 spiro atoms. The lowest BCUT2D eigenvalue weighted by molar-refractivity contribution is 1.11. The van der Waals surface area contributed by atoms with E-state index in [4.69, 9.17) is 0 Å². The molecule has 0 fully saturated rings. The van der Waals surface area contributed by atoms with Gasteiger partial charge in [-0.3, -0.25) is 0 Å². The number of benzene rings is 1. The lowest BCUT2D eigenvalue weighted by Gasteiger charge is -2.06. The van der Waals surface area contributed by atoms with Gasteiger partial charge in [0.1, 0.15) is 0 Å². The van der Waals surface area contributed by atoms with E-state index in [0.29, 0.717) is 5.95 Å². The Morgan fingerprint density at radius 2 is 1.94 bits per heavy atom. The van der Waals surface area contributed by atoms with Crippen molar-refractivity contribution >= 4 is 17.3 Å². The van der Waals surface area contributed by atoms with E-state index in [1.54, 1.807) is 6.20 Å². The number of nitrogens with one attached hydrogen (secondary N) is 2. The molecule has 0 saturated heterocycles. The molecule has 0 atom stereocenters. The third kappa shape index (κ3) is 2.48. The van der Waals surface area contributed by atoms with Crippen LogP contribution < -0.4 is 10.6 Å². The van der Waals surface area contributed by atoms with Gasteiger partial charge in [-0.15, -0.1) is 0 Å². The molecule has 1 aromatic heterocycles. The van der Waals surface area contributed by atoms with Crippen molar-refractivity contribution in [3.8, 4) is 0 Å². The number of aryl methyl sites for hydroxylation is 1.